The minimum atomic E-state index is -1.83. The van der Waals surface area contributed by atoms with E-state index in [0.29, 0.717) is 6.54 Å². The topological polar surface area (TPSA) is 54.1 Å². The summed E-state index contributed by atoms with van der Waals surface area (Å²) in [4.78, 5) is 21.3. The van der Waals surface area contributed by atoms with Crippen LogP contribution < -0.4 is 15.3 Å². The lowest BCUT2D eigenvalue weighted by Crippen LogP contribution is -2.48. The number of aliphatic hydroxyl groups is 1. The average Bonchev–Trinajstić information content (AvgIpc) is 3.26. The van der Waals surface area contributed by atoms with Gasteiger partial charge in [-0.2, -0.15) is 0 Å². The molecule has 1 N–H and O–H groups in total. The zero-order valence-corrected chi connectivity index (χ0v) is 20.3. The number of carbonyl (C=O) groups is 1. The highest BCUT2D eigenvalue weighted by Crippen LogP contribution is 2.42. The number of nitrogens with zero attached hydrogens (tertiary/aromatic N) is 2. The largest absolute Gasteiger partial charge is 0.465 e. The molecule has 1 aliphatic heterocycles. The predicted molar refractivity (Wildman–Crippen MR) is 125 cm³/mol. The first-order chi connectivity index (χ1) is 13.5. The molecule has 2 aromatic heterocycles. The Hall–Kier alpha value is -1.92. The van der Waals surface area contributed by atoms with Gasteiger partial charge in [0.05, 0.1) is 18.2 Å². The lowest BCUT2D eigenvalue weighted by Gasteiger charge is -2.19. The Kier molecular flexibility index (Phi) is 5.80. The maximum atomic E-state index is 12.3. The van der Waals surface area contributed by atoms with Crippen LogP contribution in [-0.4, -0.2) is 45.0 Å². The van der Waals surface area contributed by atoms with Gasteiger partial charge >= 0.3 is 5.97 Å². The first kappa shape index (κ1) is 21.8. The van der Waals surface area contributed by atoms with Gasteiger partial charge in [-0.25, -0.2) is 4.85 Å². The summed E-state index contributed by atoms with van der Waals surface area (Å²) < 4.78 is 5.36. The van der Waals surface area contributed by atoms with Gasteiger partial charge in [-0.15, -0.1) is 22.7 Å². The Bertz CT molecular complexity index is 1020. The van der Waals surface area contributed by atoms with Crippen molar-refractivity contribution >= 4 is 58.2 Å². The van der Waals surface area contributed by atoms with E-state index in [1.54, 1.807) is 49.5 Å². The van der Waals surface area contributed by atoms with Crippen LogP contribution in [0.2, 0.25) is 13.1 Å². The Morgan fingerprint density at radius 1 is 1.28 bits per heavy atom. The Labute approximate surface area is 181 Å². The summed E-state index contributed by atoms with van der Waals surface area (Å²) in [6.07, 6.45) is 1.65. The average molecular weight is 447 g/mol. The fraction of sp³-hybridized carbons (Fsp3) is 0.429. The highest BCUT2D eigenvalue weighted by molar-refractivity contribution is 7.30. The first-order valence-electron chi connectivity index (χ1n) is 9.41. The quantitative estimate of drug-likeness (QED) is 0.330. The summed E-state index contributed by atoms with van der Waals surface area (Å²) in [7, 11) is 0.172. The number of thiophene rings is 2. The molecule has 0 unspecified atom stereocenters. The Morgan fingerprint density at radius 3 is 2.48 bits per heavy atom. The van der Waals surface area contributed by atoms with Gasteiger partial charge in [-0.05, 0) is 49.4 Å². The molecular weight excluding hydrogens is 420 g/mol. The summed E-state index contributed by atoms with van der Waals surface area (Å²) in [5.41, 5.74) is -0.621. The molecule has 0 saturated carbocycles. The van der Waals surface area contributed by atoms with E-state index in [1.807, 2.05) is 7.05 Å². The summed E-state index contributed by atoms with van der Waals surface area (Å²) in [5.74, 6) is -0.581. The molecule has 8 heteroatoms. The zero-order valence-electron chi connectivity index (χ0n) is 17.6. The zero-order chi connectivity index (χ0) is 21.6. The van der Waals surface area contributed by atoms with Crippen LogP contribution in [0.15, 0.2) is 17.8 Å². The van der Waals surface area contributed by atoms with E-state index in [-0.39, 0.29) is 12.3 Å². The van der Waals surface area contributed by atoms with Crippen LogP contribution in [0.5, 0.6) is 0 Å². The van der Waals surface area contributed by atoms with E-state index < -0.39 is 19.6 Å². The molecule has 3 rings (SSSR count). The van der Waals surface area contributed by atoms with Crippen molar-refractivity contribution in [3.8, 4) is 9.75 Å². The van der Waals surface area contributed by atoms with Crippen LogP contribution >= 0.6 is 22.7 Å². The molecule has 0 aliphatic carbocycles. The molecule has 0 aromatic carbocycles. The molecule has 5 nitrogen and oxygen atoms in total. The number of ether oxygens (including phenoxy) is 1. The molecule has 0 radical (unpaired) electrons. The second-order valence-corrected chi connectivity index (χ2v) is 15.1. The number of carbonyl (C=O) groups excluding carboxylic acids is 1. The molecular formula is C21H26N2O3S2Si. The van der Waals surface area contributed by atoms with Gasteiger partial charge in [0.2, 0.25) is 0 Å². The summed E-state index contributed by atoms with van der Waals surface area (Å²) in [6, 6.07) is 4.42. The van der Waals surface area contributed by atoms with Gasteiger partial charge in [-0.3, -0.25) is 4.79 Å². The van der Waals surface area contributed by atoms with Crippen molar-refractivity contribution in [3.63, 3.8) is 0 Å². The summed E-state index contributed by atoms with van der Waals surface area (Å²) in [6.45, 7) is 18.2. The second kappa shape index (κ2) is 7.72. The van der Waals surface area contributed by atoms with Gasteiger partial charge < -0.3 is 14.7 Å². The second-order valence-electron chi connectivity index (χ2n) is 8.63. The number of fused-ring (bicyclic) bond motifs is 3. The van der Waals surface area contributed by atoms with Crippen molar-refractivity contribution < 1.29 is 14.6 Å². The SMILES string of the molecule is [C-]#[N+]/C(=C\c1cc2c(s1)-c1sc(N(C)CCO)cc1[Si]2(C)C)C(=O)OC(C)(C)C. The van der Waals surface area contributed by atoms with Crippen LogP contribution in [-0.2, 0) is 9.53 Å². The molecule has 29 heavy (non-hydrogen) atoms. The smallest absolute Gasteiger partial charge is 0.336 e. The number of likely N-dealkylation sites (N-methyl/N-ethyl adjacent to an activating group) is 1. The van der Waals surface area contributed by atoms with Crippen LogP contribution in [0.25, 0.3) is 20.7 Å². The molecule has 0 atom stereocenters. The molecule has 0 amide bonds. The van der Waals surface area contributed by atoms with Crippen molar-refractivity contribution in [3.05, 3.63) is 34.1 Å². The van der Waals surface area contributed by atoms with Gasteiger partial charge in [-0.1, -0.05) is 13.1 Å². The number of hydrogen-bond donors (Lipinski definition) is 1. The van der Waals surface area contributed by atoms with Gasteiger partial charge in [0, 0.05) is 28.2 Å². The van der Waals surface area contributed by atoms with Crippen molar-refractivity contribution in [2.45, 2.75) is 39.5 Å². The van der Waals surface area contributed by atoms with E-state index >= 15 is 0 Å². The summed E-state index contributed by atoms with van der Waals surface area (Å²) >= 11 is 3.39. The van der Waals surface area contributed by atoms with Crippen LogP contribution in [0.3, 0.4) is 0 Å². The standard InChI is InChI=1S/C21H26N2O3S2Si/c1-21(2,3)26-20(25)14(22-4)10-13-11-15-18(27-13)19-16(29(15,6)7)12-17(28-19)23(5)8-9-24/h10-12,24H,8-9H2,1-3,5-7H3/b14-10-. The highest BCUT2D eigenvalue weighted by atomic mass is 32.1. The van der Waals surface area contributed by atoms with Gasteiger partial charge in [0.15, 0.2) is 0 Å². The molecule has 2 aromatic rings. The van der Waals surface area contributed by atoms with Crippen molar-refractivity contribution in [2.75, 3.05) is 25.1 Å². The highest BCUT2D eigenvalue weighted by Gasteiger charge is 2.41. The third kappa shape index (κ3) is 4.19. The lowest BCUT2D eigenvalue weighted by atomic mass is 10.2. The van der Waals surface area contributed by atoms with Gasteiger partial charge in [0.25, 0.3) is 5.70 Å². The van der Waals surface area contributed by atoms with E-state index in [1.165, 1.54) is 20.1 Å². The van der Waals surface area contributed by atoms with E-state index in [0.717, 1.165) is 9.88 Å². The maximum Gasteiger partial charge on any atom is 0.336 e. The Balaban J connectivity index is 1.98. The molecule has 3 heterocycles. The molecule has 0 saturated heterocycles. The molecule has 0 spiro atoms. The third-order valence-electron chi connectivity index (χ3n) is 4.84. The van der Waals surface area contributed by atoms with Crippen LogP contribution in [0.4, 0.5) is 5.00 Å². The monoisotopic (exact) mass is 446 g/mol. The van der Waals surface area contributed by atoms with Crippen molar-refractivity contribution in [2.24, 2.45) is 0 Å². The first-order valence-corrected chi connectivity index (χ1v) is 14.0. The van der Waals surface area contributed by atoms with E-state index in [2.05, 4.69) is 35.0 Å². The molecule has 154 valence electrons. The Morgan fingerprint density at radius 2 is 1.90 bits per heavy atom. The predicted octanol–water partition coefficient (Wildman–Crippen LogP) is 3.64. The lowest BCUT2D eigenvalue weighted by molar-refractivity contribution is -0.149. The molecule has 0 bridgehead atoms. The third-order valence-corrected chi connectivity index (χ3v) is 11.2. The minimum absolute atomic E-state index is 0.00842. The molecule has 1 aliphatic rings. The number of hydrogen-bond acceptors (Lipinski definition) is 6. The summed E-state index contributed by atoms with van der Waals surface area (Å²) in [5, 5.41) is 13.2. The normalized spacial score (nSPS) is 14.9. The fourth-order valence-corrected chi connectivity index (χ4v) is 10.4. The van der Waals surface area contributed by atoms with Crippen LogP contribution in [0.1, 0.15) is 25.6 Å². The minimum Gasteiger partial charge on any atom is -0.465 e. The van der Waals surface area contributed by atoms with Crippen molar-refractivity contribution in [1.82, 2.24) is 0 Å². The number of rotatable bonds is 5. The number of anilines is 1. The fourth-order valence-electron chi connectivity index (χ4n) is 3.32. The van der Waals surface area contributed by atoms with E-state index in [9.17, 15) is 9.90 Å². The molecule has 0 fully saturated rings. The van der Waals surface area contributed by atoms with Crippen molar-refractivity contribution in [1.29, 1.82) is 0 Å². The number of esters is 1. The maximum absolute atomic E-state index is 12.3. The van der Waals surface area contributed by atoms with Crippen LogP contribution in [0, 0.1) is 6.57 Å². The van der Waals surface area contributed by atoms with E-state index in [4.69, 9.17) is 11.3 Å². The number of aliphatic hydroxyl groups excluding tert-OH is 1. The van der Waals surface area contributed by atoms with Gasteiger partial charge in [0.1, 0.15) is 13.7 Å².